The zero-order valence-corrected chi connectivity index (χ0v) is 14.5. The molecule has 2 aromatic rings. The number of carbonyl (C=O) groups excluding carboxylic acids is 1. The molecule has 3 rings (SSSR count). The number of methoxy groups -OCH3 is 1. The number of benzene rings is 1. The maximum atomic E-state index is 11.5. The average molecular weight is 349 g/mol. The van der Waals surface area contributed by atoms with Crippen LogP contribution in [0.5, 0.6) is 5.06 Å². The van der Waals surface area contributed by atoms with Gasteiger partial charge in [-0.15, -0.1) is 0 Å². The van der Waals surface area contributed by atoms with Gasteiger partial charge in [-0.05, 0) is 36.0 Å². The Hall–Kier alpha value is -1.66. The minimum absolute atomic E-state index is 0.425. The monoisotopic (exact) mass is 349 g/mol. The van der Waals surface area contributed by atoms with Gasteiger partial charge in [0.1, 0.15) is 0 Å². The fraction of sp³-hybridized carbons (Fsp3) is 0.353. The maximum Gasteiger partial charge on any atom is 0.514 e. The summed E-state index contributed by atoms with van der Waals surface area (Å²) < 4.78 is 9.96. The van der Waals surface area contributed by atoms with Crippen LogP contribution in [-0.2, 0) is 4.74 Å². The minimum Gasteiger partial charge on any atom is -0.437 e. The van der Waals surface area contributed by atoms with E-state index in [9.17, 15) is 4.79 Å². The van der Waals surface area contributed by atoms with E-state index in [1.54, 1.807) is 0 Å². The van der Waals surface area contributed by atoms with E-state index >= 15 is 0 Å². The first-order valence-corrected chi connectivity index (χ1v) is 9.52. The molecule has 1 saturated heterocycles. The van der Waals surface area contributed by atoms with Crippen molar-refractivity contribution in [1.29, 1.82) is 0 Å². The summed E-state index contributed by atoms with van der Waals surface area (Å²) in [6, 6.07) is 12.6. The van der Waals surface area contributed by atoms with E-state index in [1.165, 1.54) is 30.0 Å². The summed E-state index contributed by atoms with van der Waals surface area (Å²) in [5, 5.41) is 4.10. The highest BCUT2D eigenvalue weighted by Gasteiger charge is 2.20. The van der Waals surface area contributed by atoms with Crippen LogP contribution in [0.15, 0.2) is 36.4 Å². The predicted octanol–water partition coefficient (Wildman–Crippen LogP) is 4.87. The zero-order valence-electron chi connectivity index (χ0n) is 12.9. The lowest BCUT2D eigenvalue weighted by Gasteiger charge is -2.23. The van der Waals surface area contributed by atoms with Gasteiger partial charge in [0.2, 0.25) is 5.06 Å². The van der Waals surface area contributed by atoms with Crippen LogP contribution in [0.2, 0.25) is 0 Å². The Kier molecular flexibility index (Phi) is 5.46. The highest BCUT2D eigenvalue weighted by molar-refractivity contribution is 7.99. The van der Waals surface area contributed by atoms with Crippen LogP contribution in [0.25, 0.3) is 10.4 Å². The number of rotatable bonds is 4. The first kappa shape index (κ1) is 16.2. The molecule has 0 atom stereocenters. The van der Waals surface area contributed by atoms with Crippen LogP contribution < -0.4 is 10.1 Å². The average Bonchev–Trinajstić information content (AvgIpc) is 2.99. The van der Waals surface area contributed by atoms with Crippen molar-refractivity contribution in [2.24, 2.45) is 0 Å². The van der Waals surface area contributed by atoms with Gasteiger partial charge in [0, 0.05) is 10.9 Å². The van der Waals surface area contributed by atoms with Crippen LogP contribution in [0.4, 0.5) is 10.5 Å². The Morgan fingerprint density at radius 1 is 1.22 bits per heavy atom. The van der Waals surface area contributed by atoms with E-state index in [4.69, 9.17) is 4.74 Å². The van der Waals surface area contributed by atoms with Crippen molar-refractivity contribution in [1.82, 2.24) is 0 Å². The second kappa shape index (κ2) is 7.75. The van der Waals surface area contributed by atoms with Gasteiger partial charge in [0.25, 0.3) is 0 Å². The quantitative estimate of drug-likeness (QED) is 0.798. The number of thioether (sulfide) groups is 1. The van der Waals surface area contributed by atoms with Crippen molar-refractivity contribution < 1.29 is 14.3 Å². The normalized spacial score (nSPS) is 15.2. The van der Waals surface area contributed by atoms with Crippen molar-refractivity contribution in [3.8, 4) is 15.5 Å². The Bertz CT molecular complexity index is 651. The van der Waals surface area contributed by atoms with Crippen LogP contribution in [0, 0.1) is 0 Å². The van der Waals surface area contributed by atoms with Crippen molar-refractivity contribution in [3.05, 3.63) is 36.4 Å². The summed E-state index contributed by atoms with van der Waals surface area (Å²) in [6.07, 6.45) is 1.56. The van der Waals surface area contributed by atoms with E-state index in [0.717, 1.165) is 29.0 Å². The number of anilines is 1. The molecule has 6 heteroatoms. The largest absolute Gasteiger partial charge is 0.514 e. The second-order valence-corrected chi connectivity index (χ2v) is 7.50. The molecule has 0 unspecified atom stereocenters. The molecular weight excluding hydrogens is 330 g/mol. The minimum atomic E-state index is -0.686. The number of thiophene rings is 1. The molecule has 4 nitrogen and oxygen atoms in total. The van der Waals surface area contributed by atoms with Crippen molar-refractivity contribution in [2.75, 3.05) is 23.9 Å². The summed E-state index contributed by atoms with van der Waals surface area (Å²) >= 11 is 3.44. The SMILES string of the molecule is COC(=O)Oc1sc(-c2ccccc2)cc1NC1CCSCC1. The van der Waals surface area contributed by atoms with Gasteiger partial charge in [0.15, 0.2) is 0 Å². The summed E-state index contributed by atoms with van der Waals surface area (Å²) in [7, 11) is 1.32. The highest BCUT2D eigenvalue weighted by Crippen LogP contribution is 2.42. The summed E-state index contributed by atoms with van der Waals surface area (Å²) in [6.45, 7) is 0. The van der Waals surface area contributed by atoms with Crippen molar-refractivity contribution >= 4 is 34.9 Å². The van der Waals surface area contributed by atoms with Gasteiger partial charge in [0.05, 0.1) is 12.8 Å². The van der Waals surface area contributed by atoms with Gasteiger partial charge in [-0.25, -0.2) is 4.79 Å². The molecule has 1 N–H and O–H groups in total. The molecule has 0 saturated carbocycles. The van der Waals surface area contributed by atoms with Crippen LogP contribution in [-0.4, -0.2) is 30.8 Å². The third-order valence-corrected chi connectivity index (χ3v) is 5.79. The third-order valence-electron chi connectivity index (χ3n) is 3.68. The third kappa shape index (κ3) is 4.20. The second-order valence-electron chi connectivity index (χ2n) is 5.26. The lowest BCUT2D eigenvalue weighted by atomic mass is 10.1. The van der Waals surface area contributed by atoms with E-state index in [0.29, 0.717) is 11.1 Å². The fourth-order valence-electron chi connectivity index (χ4n) is 2.47. The van der Waals surface area contributed by atoms with E-state index in [1.807, 2.05) is 30.0 Å². The molecule has 23 heavy (non-hydrogen) atoms. The molecular formula is C17H19NO3S2. The number of hydrogen-bond acceptors (Lipinski definition) is 6. The summed E-state index contributed by atoms with van der Waals surface area (Å²) in [5.41, 5.74) is 1.98. The molecule has 1 fully saturated rings. The standard InChI is InChI=1S/C17H19NO3S2/c1-20-17(19)21-16-14(18-13-7-9-22-10-8-13)11-15(23-16)12-5-3-2-4-6-12/h2-6,11,13,18H,7-10H2,1H3. The number of nitrogens with one attached hydrogen (secondary N) is 1. The van der Waals surface area contributed by atoms with E-state index in [-0.39, 0.29) is 0 Å². The van der Waals surface area contributed by atoms with E-state index < -0.39 is 6.16 Å². The molecule has 0 radical (unpaired) electrons. The lowest BCUT2D eigenvalue weighted by molar-refractivity contribution is 0.123. The molecule has 0 aliphatic carbocycles. The molecule has 0 amide bonds. The first-order valence-electron chi connectivity index (χ1n) is 7.55. The Balaban J connectivity index is 1.85. The lowest BCUT2D eigenvalue weighted by Crippen LogP contribution is -2.24. The smallest absolute Gasteiger partial charge is 0.437 e. The van der Waals surface area contributed by atoms with E-state index in [2.05, 4.69) is 28.3 Å². The molecule has 1 aromatic carbocycles. The molecule has 2 heterocycles. The summed E-state index contributed by atoms with van der Waals surface area (Å²) in [5.74, 6) is 2.33. The predicted molar refractivity (Wildman–Crippen MR) is 96.8 cm³/mol. The van der Waals surface area contributed by atoms with Crippen LogP contribution >= 0.6 is 23.1 Å². The molecule has 122 valence electrons. The van der Waals surface area contributed by atoms with Crippen molar-refractivity contribution in [3.63, 3.8) is 0 Å². The molecule has 1 aliphatic heterocycles. The number of carbonyl (C=O) groups is 1. The van der Waals surface area contributed by atoms with Crippen molar-refractivity contribution in [2.45, 2.75) is 18.9 Å². The topological polar surface area (TPSA) is 47.6 Å². The van der Waals surface area contributed by atoms with Gasteiger partial charge >= 0.3 is 6.16 Å². The van der Waals surface area contributed by atoms with Gasteiger partial charge < -0.3 is 14.8 Å². The van der Waals surface area contributed by atoms with Crippen LogP contribution in [0.1, 0.15) is 12.8 Å². The number of ether oxygens (including phenoxy) is 2. The maximum absolute atomic E-state index is 11.5. The zero-order chi connectivity index (χ0) is 16.1. The summed E-state index contributed by atoms with van der Waals surface area (Å²) in [4.78, 5) is 12.6. The molecule has 0 spiro atoms. The van der Waals surface area contributed by atoms with Gasteiger partial charge in [-0.3, -0.25) is 0 Å². The molecule has 1 aromatic heterocycles. The Labute approximate surface area is 144 Å². The van der Waals surface area contributed by atoms with Crippen LogP contribution in [0.3, 0.4) is 0 Å². The highest BCUT2D eigenvalue weighted by atomic mass is 32.2. The fourth-order valence-corrected chi connectivity index (χ4v) is 4.55. The first-order chi connectivity index (χ1) is 11.3. The number of hydrogen-bond donors (Lipinski definition) is 1. The Morgan fingerprint density at radius 3 is 2.65 bits per heavy atom. The van der Waals surface area contributed by atoms with Gasteiger partial charge in [-0.1, -0.05) is 41.7 Å². The molecule has 1 aliphatic rings. The molecule has 0 bridgehead atoms. The Morgan fingerprint density at radius 2 is 1.96 bits per heavy atom. The van der Waals surface area contributed by atoms with Gasteiger partial charge in [-0.2, -0.15) is 11.8 Å².